The summed E-state index contributed by atoms with van der Waals surface area (Å²) in [5.41, 5.74) is 6.79. The molecule has 1 saturated heterocycles. The zero-order valence-corrected chi connectivity index (χ0v) is 10.4. The normalized spacial score (nSPS) is 23.0. The van der Waals surface area contributed by atoms with Crippen LogP contribution in [0.4, 0.5) is 0 Å². The van der Waals surface area contributed by atoms with E-state index in [-0.39, 0.29) is 23.6 Å². The number of aromatic hydroxyl groups is 1. The van der Waals surface area contributed by atoms with Crippen molar-refractivity contribution < 1.29 is 14.6 Å². The van der Waals surface area contributed by atoms with E-state index in [0.717, 1.165) is 5.56 Å². The summed E-state index contributed by atoms with van der Waals surface area (Å²) in [5, 5.41) is 9.19. The van der Waals surface area contributed by atoms with Crippen LogP contribution in [0.3, 0.4) is 0 Å². The van der Waals surface area contributed by atoms with Gasteiger partial charge in [-0.2, -0.15) is 0 Å². The van der Waals surface area contributed by atoms with Gasteiger partial charge in [0.15, 0.2) is 0 Å². The number of nitrogens with two attached hydrogens (primary N) is 1. The van der Waals surface area contributed by atoms with Crippen LogP contribution in [-0.4, -0.2) is 42.2 Å². The summed E-state index contributed by atoms with van der Waals surface area (Å²) in [5.74, 6) is -0.0147. The lowest BCUT2D eigenvalue weighted by molar-refractivity contribution is -0.135. The second-order valence-electron chi connectivity index (χ2n) is 4.67. The van der Waals surface area contributed by atoms with Gasteiger partial charge < -0.3 is 20.5 Å². The Bertz CT molecular complexity index is 419. The van der Waals surface area contributed by atoms with Gasteiger partial charge >= 0.3 is 0 Å². The Hall–Kier alpha value is -1.59. The number of benzene rings is 1. The van der Waals surface area contributed by atoms with Crippen LogP contribution in [0, 0.1) is 5.92 Å². The molecule has 1 heterocycles. The lowest BCUT2D eigenvalue weighted by Gasteiger charge is -2.22. The molecule has 5 nitrogen and oxygen atoms in total. The van der Waals surface area contributed by atoms with Crippen LogP contribution < -0.4 is 5.73 Å². The summed E-state index contributed by atoms with van der Waals surface area (Å²) in [6.07, 6.45) is 0. The Morgan fingerprint density at radius 2 is 2.11 bits per heavy atom. The fourth-order valence-electron chi connectivity index (χ4n) is 2.06. The molecule has 0 aromatic heterocycles. The van der Waals surface area contributed by atoms with E-state index in [4.69, 9.17) is 10.5 Å². The van der Waals surface area contributed by atoms with Crippen molar-refractivity contribution in [2.24, 2.45) is 11.7 Å². The molecule has 5 heteroatoms. The average Bonchev–Trinajstić information content (AvgIpc) is 2.77. The van der Waals surface area contributed by atoms with E-state index in [1.807, 2.05) is 0 Å². The van der Waals surface area contributed by atoms with Crippen LogP contribution >= 0.6 is 0 Å². The minimum absolute atomic E-state index is 0.00748. The summed E-state index contributed by atoms with van der Waals surface area (Å²) in [6, 6.07) is 6.60. The highest BCUT2D eigenvalue weighted by atomic mass is 16.5. The number of ether oxygens (including phenoxy) is 1. The van der Waals surface area contributed by atoms with Crippen molar-refractivity contribution in [3.05, 3.63) is 29.8 Å². The van der Waals surface area contributed by atoms with Crippen molar-refractivity contribution in [1.82, 2.24) is 4.90 Å². The first-order valence-electron chi connectivity index (χ1n) is 5.94. The van der Waals surface area contributed by atoms with Gasteiger partial charge in [0.05, 0.1) is 19.1 Å². The van der Waals surface area contributed by atoms with Crippen molar-refractivity contribution in [2.45, 2.75) is 12.6 Å². The van der Waals surface area contributed by atoms with E-state index in [0.29, 0.717) is 19.8 Å². The number of phenolic OH excluding ortho intramolecular Hbond substituents is 1. The standard InChI is InChI=1S/C13H18N2O3/c1-15(6-9-2-4-10(16)5-3-9)13(17)11-7-18-8-12(11)14/h2-5,11-12,16H,6-8,14H2,1H3. The Morgan fingerprint density at radius 1 is 1.44 bits per heavy atom. The quantitative estimate of drug-likeness (QED) is 0.810. The van der Waals surface area contributed by atoms with Gasteiger partial charge in [-0.15, -0.1) is 0 Å². The summed E-state index contributed by atoms with van der Waals surface area (Å²) < 4.78 is 5.20. The van der Waals surface area contributed by atoms with Gasteiger partial charge in [0, 0.05) is 19.6 Å². The third-order valence-corrected chi connectivity index (χ3v) is 3.17. The highest BCUT2D eigenvalue weighted by Gasteiger charge is 2.33. The molecule has 0 bridgehead atoms. The highest BCUT2D eigenvalue weighted by Crippen LogP contribution is 2.16. The number of rotatable bonds is 3. The number of hydrogen-bond donors (Lipinski definition) is 2. The topological polar surface area (TPSA) is 75.8 Å². The lowest BCUT2D eigenvalue weighted by atomic mass is 10.0. The van der Waals surface area contributed by atoms with Crippen LogP contribution in [0.5, 0.6) is 5.75 Å². The molecule has 2 rings (SSSR count). The zero-order valence-electron chi connectivity index (χ0n) is 10.4. The highest BCUT2D eigenvalue weighted by molar-refractivity contribution is 5.79. The maximum atomic E-state index is 12.1. The minimum Gasteiger partial charge on any atom is -0.508 e. The largest absolute Gasteiger partial charge is 0.508 e. The summed E-state index contributed by atoms with van der Waals surface area (Å²) in [7, 11) is 1.75. The molecule has 0 aliphatic carbocycles. The van der Waals surface area contributed by atoms with Crippen molar-refractivity contribution in [3.63, 3.8) is 0 Å². The van der Waals surface area contributed by atoms with Gasteiger partial charge in [-0.3, -0.25) is 4.79 Å². The molecule has 1 aromatic rings. The molecule has 1 aliphatic rings. The van der Waals surface area contributed by atoms with E-state index < -0.39 is 0 Å². The molecule has 18 heavy (non-hydrogen) atoms. The Kier molecular flexibility index (Phi) is 3.84. The molecule has 1 aromatic carbocycles. The second kappa shape index (κ2) is 5.37. The predicted molar refractivity (Wildman–Crippen MR) is 66.9 cm³/mol. The molecule has 0 radical (unpaired) electrons. The van der Waals surface area contributed by atoms with E-state index >= 15 is 0 Å². The van der Waals surface area contributed by atoms with E-state index in [9.17, 15) is 9.90 Å². The van der Waals surface area contributed by atoms with Gasteiger partial charge in [-0.25, -0.2) is 0 Å². The van der Waals surface area contributed by atoms with E-state index in [2.05, 4.69) is 0 Å². The maximum absolute atomic E-state index is 12.1. The van der Waals surface area contributed by atoms with Crippen molar-refractivity contribution >= 4 is 5.91 Å². The van der Waals surface area contributed by atoms with Gasteiger partial charge in [0.25, 0.3) is 0 Å². The second-order valence-corrected chi connectivity index (χ2v) is 4.67. The van der Waals surface area contributed by atoms with Crippen LogP contribution in [0.2, 0.25) is 0 Å². The monoisotopic (exact) mass is 250 g/mol. The summed E-state index contributed by atoms with van der Waals surface area (Å²) >= 11 is 0. The van der Waals surface area contributed by atoms with Crippen LogP contribution in [0.1, 0.15) is 5.56 Å². The zero-order chi connectivity index (χ0) is 13.1. The molecule has 2 unspecified atom stereocenters. The summed E-state index contributed by atoms with van der Waals surface area (Å²) in [6.45, 7) is 1.35. The average molecular weight is 250 g/mol. The third kappa shape index (κ3) is 2.80. The van der Waals surface area contributed by atoms with E-state index in [1.54, 1.807) is 36.2 Å². The number of nitrogens with zero attached hydrogens (tertiary/aromatic N) is 1. The molecule has 1 aliphatic heterocycles. The number of carbonyl (C=O) groups excluding carboxylic acids is 1. The van der Waals surface area contributed by atoms with Gasteiger partial charge in [0.2, 0.25) is 5.91 Å². The van der Waals surface area contributed by atoms with Gasteiger partial charge in [-0.05, 0) is 17.7 Å². The molecule has 98 valence electrons. The first-order valence-corrected chi connectivity index (χ1v) is 5.94. The van der Waals surface area contributed by atoms with Crippen molar-refractivity contribution in [2.75, 3.05) is 20.3 Å². The van der Waals surface area contributed by atoms with Gasteiger partial charge in [0.1, 0.15) is 5.75 Å². The first-order chi connectivity index (χ1) is 8.58. The predicted octanol–water partition coefficient (Wildman–Crippen LogP) is 0.324. The van der Waals surface area contributed by atoms with Crippen LogP contribution in [-0.2, 0) is 16.1 Å². The number of phenols is 1. The third-order valence-electron chi connectivity index (χ3n) is 3.17. The number of carbonyl (C=O) groups is 1. The van der Waals surface area contributed by atoms with Crippen molar-refractivity contribution in [3.8, 4) is 5.75 Å². The Balaban J connectivity index is 1.97. The maximum Gasteiger partial charge on any atom is 0.229 e. The molecule has 1 amide bonds. The van der Waals surface area contributed by atoms with E-state index in [1.165, 1.54) is 0 Å². The number of hydrogen-bond acceptors (Lipinski definition) is 4. The lowest BCUT2D eigenvalue weighted by Crippen LogP contribution is -2.41. The fraction of sp³-hybridized carbons (Fsp3) is 0.462. The van der Waals surface area contributed by atoms with Gasteiger partial charge in [-0.1, -0.05) is 12.1 Å². The van der Waals surface area contributed by atoms with Crippen LogP contribution in [0.25, 0.3) is 0 Å². The molecule has 1 fully saturated rings. The SMILES string of the molecule is CN(Cc1ccc(O)cc1)C(=O)C1COCC1N. The number of amides is 1. The molecule has 2 atom stereocenters. The molecule has 0 spiro atoms. The van der Waals surface area contributed by atoms with Crippen LogP contribution in [0.15, 0.2) is 24.3 Å². The fourth-order valence-corrected chi connectivity index (χ4v) is 2.06. The Labute approximate surface area is 106 Å². The van der Waals surface area contributed by atoms with Crippen molar-refractivity contribution in [1.29, 1.82) is 0 Å². The molecule has 0 saturated carbocycles. The minimum atomic E-state index is -0.243. The summed E-state index contributed by atoms with van der Waals surface area (Å²) in [4.78, 5) is 13.8. The molecular formula is C13H18N2O3. The first kappa shape index (κ1) is 12.9. The smallest absolute Gasteiger partial charge is 0.229 e. The molecule has 3 N–H and O–H groups in total. The Morgan fingerprint density at radius 3 is 2.67 bits per heavy atom. The molecular weight excluding hydrogens is 232 g/mol.